The van der Waals surface area contributed by atoms with Crippen LogP contribution in [0.25, 0.3) is 55.4 Å². The van der Waals surface area contributed by atoms with Gasteiger partial charge in [0.15, 0.2) is 0 Å². The van der Waals surface area contributed by atoms with Crippen molar-refractivity contribution in [2.45, 2.75) is 110 Å². The van der Waals surface area contributed by atoms with E-state index in [1.165, 1.54) is 22.3 Å². The molecule has 2 aliphatic rings. The quantitative estimate of drug-likeness (QED) is 0.123. The van der Waals surface area contributed by atoms with E-state index in [4.69, 9.17) is 18.9 Å². The van der Waals surface area contributed by atoms with Crippen LogP contribution in [0.15, 0.2) is 97.3 Å². The van der Waals surface area contributed by atoms with E-state index in [0.717, 1.165) is 73.9 Å². The third-order valence-electron chi connectivity index (χ3n) is 13.9. The fourth-order valence-corrected chi connectivity index (χ4v) is 10.2. The standard InChI is InChI=1S/C53H52N4O.Pt/c1-31(2)38-18-14-19-39(32(3)4)46(38)34-29-54-56(30-34)35-15-13-16-36(27-35)58-37-22-23-40-42(28-37)50-55-47-41-17-11-12-20-43(41)51(6,7)25-26-53(10)49(47)57(50)48-44(52(53,8)9)24-21-33(5)45(40)48;/h11-24,29-32H,25-26H2,1-10H3;/q-2;+2/i5D3;. The fourth-order valence-electron chi connectivity index (χ4n) is 10.2. The maximum atomic E-state index is 8.77. The second-order valence-electron chi connectivity index (χ2n) is 18.6. The monoisotopic (exact) mass is 958 g/mol. The maximum Gasteiger partial charge on any atom is 2.00 e. The Morgan fingerprint density at radius 3 is 2.25 bits per heavy atom. The molecule has 1 aliphatic heterocycles. The third kappa shape index (κ3) is 5.74. The minimum atomic E-state index is -2.35. The van der Waals surface area contributed by atoms with Crippen LogP contribution in [0, 0.1) is 19.0 Å². The van der Waals surface area contributed by atoms with E-state index in [-0.39, 0.29) is 37.3 Å². The van der Waals surface area contributed by atoms with Crippen molar-refractivity contribution in [3.05, 3.63) is 143 Å². The van der Waals surface area contributed by atoms with Crippen LogP contribution in [0.1, 0.15) is 125 Å². The molecule has 300 valence electrons. The first kappa shape index (κ1) is 35.9. The van der Waals surface area contributed by atoms with Crippen LogP contribution in [-0.4, -0.2) is 19.2 Å². The largest absolute Gasteiger partial charge is 2.00 e. The zero-order chi connectivity index (χ0) is 43.0. The molecule has 0 radical (unpaired) electrons. The predicted octanol–water partition coefficient (Wildman–Crippen LogP) is 13.7. The van der Waals surface area contributed by atoms with Gasteiger partial charge in [-0.3, -0.25) is 9.67 Å². The summed E-state index contributed by atoms with van der Waals surface area (Å²) in [5, 5.41) is 7.03. The first-order chi connectivity index (χ1) is 28.9. The Kier molecular flexibility index (Phi) is 8.39. The van der Waals surface area contributed by atoms with Gasteiger partial charge in [-0.2, -0.15) is 11.2 Å². The summed E-state index contributed by atoms with van der Waals surface area (Å²) < 4.78 is 37.1. The van der Waals surface area contributed by atoms with Gasteiger partial charge >= 0.3 is 21.1 Å². The average Bonchev–Trinajstić information content (AvgIpc) is 3.88. The number of hydrogen-bond acceptors (Lipinski definition) is 3. The Labute approximate surface area is 367 Å². The van der Waals surface area contributed by atoms with E-state index < -0.39 is 6.85 Å². The Morgan fingerprint density at radius 1 is 0.780 bits per heavy atom. The molecule has 5 nitrogen and oxygen atoms in total. The average molecular weight is 959 g/mol. The Morgan fingerprint density at radius 2 is 1.51 bits per heavy atom. The van der Waals surface area contributed by atoms with Crippen LogP contribution in [0.4, 0.5) is 0 Å². The van der Waals surface area contributed by atoms with Gasteiger partial charge in [0.05, 0.1) is 17.5 Å². The van der Waals surface area contributed by atoms with E-state index in [9.17, 15) is 0 Å². The van der Waals surface area contributed by atoms with E-state index in [1.807, 2.05) is 47.3 Å². The maximum absolute atomic E-state index is 8.77. The van der Waals surface area contributed by atoms with Gasteiger partial charge in [-0.1, -0.05) is 139 Å². The van der Waals surface area contributed by atoms with Crippen molar-refractivity contribution in [1.82, 2.24) is 19.2 Å². The smallest absolute Gasteiger partial charge is 0.503 e. The third-order valence-corrected chi connectivity index (χ3v) is 13.9. The molecule has 59 heavy (non-hydrogen) atoms. The van der Waals surface area contributed by atoms with E-state index in [0.29, 0.717) is 28.9 Å². The Bertz CT molecular complexity index is 3070. The molecule has 10 rings (SSSR count). The number of benzene rings is 5. The van der Waals surface area contributed by atoms with E-state index >= 15 is 0 Å². The van der Waals surface area contributed by atoms with Crippen molar-refractivity contribution < 1.29 is 29.9 Å². The number of nitrogens with zero attached hydrogens (tertiary/aromatic N) is 4. The normalized spacial score (nSPS) is 18.7. The number of ether oxygens (including phenoxy) is 1. The summed E-state index contributed by atoms with van der Waals surface area (Å²) in [6, 6.07) is 35.9. The minimum absolute atomic E-state index is 0. The first-order valence-corrected chi connectivity index (χ1v) is 20.8. The van der Waals surface area contributed by atoms with Crippen LogP contribution < -0.4 is 4.74 Å². The first-order valence-electron chi connectivity index (χ1n) is 22.3. The van der Waals surface area contributed by atoms with Gasteiger partial charge in [0.25, 0.3) is 0 Å². The zero-order valence-corrected chi connectivity index (χ0v) is 37.6. The molecule has 0 fully saturated rings. The summed E-state index contributed by atoms with van der Waals surface area (Å²) >= 11 is 0. The van der Waals surface area contributed by atoms with Crippen LogP contribution in [0.5, 0.6) is 11.5 Å². The van der Waals surface area contributed by atoms with Gasteiger partial charge in [-0.05, 0) is 75.8 Å². The number of fused-ring (bicyclic) bond motifs is 5. The molecule has 1 unspecified atom stereocenters. The molecule has 0 spiro atoms. The van der Waals surface area contributed by atoms with Gasteiger partial charge in [0.2, 0.25) is 0 Å². The number of hydrogen-bond donors (Lipinski definition) is 0. The van der Waals surface area contributed by atoms with Crippen molar-refractivity contribution in [3.63, 3.8) is 0 Å². The molecule has 0 bridgehead atoms. The summed E-state index contributed by atoms with van der Waals surface area (Å²) in [5.41, 5.74) is 12.5. The summed E-state index contributed by atoms with van der Waals surface area (Å²) in [7, 11) is 0. The van der Waals surface area contributed by atoms with Crippen molar-refractivity contribution >= 4 is 27.3 Å². The van der Waals surface area contributed by atoms with Crippen molar-refractivity contribution in [1.29, 1.82) is 0 Å². The van der Waals surface area contributed by atoms with Crippen LogP contribution in [0.3, 0.4) is 0 Å². The Balaban J connectivity index is 0.00000490. The molecule has 0 saturated carbocycles. The number of aryl methyl sites for hydroxylation is 1. The van der Waals surface area contributed by atoms with Crippen molar-refractivity contribution in [2.24, 2.45) is 0 Å². The van der Waals surface area contributed by atoms with Crippen LogP contribution in [0.2, 0.25) is 0 Å². The summed E-state index contributed by atoms with van der Waals surface area (Å²) in [5.74, 6) is 1.73. The van der Waals surface area contributed by atoms with Gasteiger partial charge in [0, 0.05) is 55.0 Å². The van der Waals surface area contributed by atoms with E-state index in [2.05, 4.69) is 134 Å². The Hall–Kier alpha value is -4.99. The van der Waals surface area contributed by atoms with Gasteiger partial charge in [-0.25, -0.2) is 0 Å². The zero-order valence-electron chi connectivity index (χ0n) is 38.3. The second kappa shape index (κ2) is 13.8. The second-order valence-corrected chi connectivity index (χ2v) is 18.6. The fraction of sp³-hybridized carbons (Fsp3) is 0.321. The molecule has 5 aromatic carbocycles. The molecule has 6 heteroatoms. The topological polar surface area (TPSA) is 44.3 Å². The molecule has 0 N–H and O–H groups in total. The number of imidazole rings is 1. The summed E-state index contributed by atoms with van der Waals surface area (Å²) in [6.45, 7) is 18.3. The molecule has 4 heterocycles. The van der Waals surface area contributed by atoms with E-state index in [1.54, 1.807) is 0 Å². The molecule has 1 atom stereocenters. The molecule has 8 aromatic rings. The molecular formula is C53H52N4OPt. The van der Waals surface area contributed by atoms with Gasteiger partial charge in [-0.15, -0.1) is 30.3 Å². The number of rotatable bonds is 6. The predicted molar refractivity (Wildman–Crippen MR) is 238 cm³/mol. The van der Waals surface area contributed by atoms with Gasteiger partial charge < -0.3 is 9.14 Å². The molecule has 0 saturated heterocycles. The minimum Gasteiger partial charge on any atom is -0.503 e. The molecule has 1 aliphatic carbocycles. The summed E-state index contributed by atoms with van der Waals surface area (Å²) in [6.07, 6.45) is 5.93. The van der Waals surface area contributed by atoms with Gasteiger partial charge in [0.1, 0.15) is 0 Å². The van der Waals surface area contributed by atoms with Crippen molar-refractivity contribution in [2.75, 3.05) is 0 Å². The van der Waals surface area contributed by atoms with Crippen LogP contribution in [-0.2, 0) is 37.3 Å². The van der Waals surface area contributed by atoms with Crippen LogP contribution >= 0.6 is 0 Å². The number of aromatic nitrogens is 4. The number of pyridine rings is 1. The summed E-state index contributed by atoms with van der Waals surface area (Å²) in [4.78, 5) is 5.61. The molecule has 0 amide bonds. The van der Waals surface area contributed by atoms with Crippen molar-refractivity contribution in [3.8, 4) is 39.6 Å². The SMILES string of the molecule is [2H]C([2H])([2H])c1ccc2c3c1c1ccc(Oc4[c-]c(-n5cc(-c6c(C(C)C)cccc6C(C)C)cn5)ccc4)[c-]c1c1nc4c(n13)C(C)(CCC(C)(C)c1ccccc1-4)C2(C)C.[Pt+2]. The molecule has 3 aromatic heterocycles. The molecular weight excluding hydrogens is 904 g/mol.